The summed E-state index contributed by atoms with van der Waals surface area (Å²) in [5.41, 5.74) is 1.03. The molecule has 0 bridgehead atoms. The summed E-state index contributed by atoms with van der Waals surface area (Å²) in [7, 11) is 0. The lowest BCUT2D eigenvalue weighted by molar-refractivity contribution is -0.135. The maximum absolute atomic E-state index is 10.4. The van der Waals surface area contributed by atoms with Crippen molar-refractivity contribution in [3.8, 4) is 0 Å². The van der Waals surface area contributed by atoms with Crippen LogP contribution in [-0.2, 0) is 4.79 Å². The number of rotatable bonds is 3. The van der Waals surface area contributed by atoms with E-state index >= 15 is 0 Å². The van der Waals surface area contributed by atoms with Gasteiger partial charge in [0.05, 0.1) is 6.42 Å². The average Bonchev–Trinajstić information content (AvgIpc) is 2.28. The molecule has 0 aromatic heterocycles. The zero-order valence-corrected chi connectivity index (χ0v) is 8.76. The SMILES string of the molecule is O=C(O)C/C=C/c1ccc2ccccc2c1. The van der Waals surface area contributed by atoms with Gasteiger partial charge in [-0.2, -0.15) is 0 Å². The Labute approximate surface area is 93.8 Å². The Hall–Kier alpha value is -2.09. The molecule has 1 N–H and O–H groups in total. The molecule has 2 aromatic rings. The Bertz CT molecular complexity index is 541. The second kappa shape index (κ2) is 4.62. The summed E-state index contributed by atoms with van der Waals surface area (Å²) in [4.78, 5) is 10.4. The smallest absolute Gasteiger partial charge is 0.307 e. The van der Waals surface area contributed by atoms with E-state index < -0.39 is 5.97 Å². The van der Waals surface area contributed by atoms with E-state index in [4.69, 9.17) is 5.11 Å². The van der Waals surface area contributed by atoms with Gasteiger partial charge in [-0.15, -0.1) is 0 Å². The first-order valence-corrected chi connectivity index (χ1v) is 5.13. The van der Waals surface area contributed by atoms with Crippen molar-refractivity contribution in [3.05, 3.63) is 54.1 Å². The van der Waals surface area contributed by atoms with Crippen LogP contribution in [0.5, 0.6) is 0 Å². The van der Waals surface area contributed by atoms with Crippen molar-refractivity contribution in [2.24, 2.45) is 0 Å². The van der Waals surface area contributed by atoms with Gasteiger partial charge in [-0.3, -0.25) is 4.79 Å². The Kier molecular flexibility index (Phi) is 3.01. The molecule has 0 aliphatic rings. The van der Waals surface area contributed by atoms with Crippen LogP contribution in [0.1, 0.15) is 12.0 Å². The molecule has 0 spiro atoms. The van der Waals surface area contributed by atoms with Crippen LogP contribution in [0.3, 0.4) is 0 Å². The van der Waals surface area contributed by atoms with Crippen LogP contribution in [0.2, 0.25) is 0 Å². The molecule has 0 fully saturated rings. The van der Waals surface area contributed by atoms with Crippen molar-refractivity contribution in [3.63, 3.8) is 0 Å². The quantitative estimate of drug-likeness (QED) is 0.847. The third kappa shape index (κ3) is 2.48. The predicted molar refractivity (Wildman–Crippen MR) is 65.2 cm³/mol. The lowest BCUT2D eigenvalue weighted by Gasteiger charge is -1.98. The highest BCUT2D eigenvalue weighted by Gasteiger charge is 1.93. The van der Waals surface area contributed by atoms with Gasteiger partial charge < -0.3 is 5.11 Å². The highest BCUT2D eigenvalue weighted by Crippen LogP contribution is 2.16. The van der Waals surface area contributed by atoms with Gasteiger partial charge in [0.25, 0.3) is 0 Å². The maximum Gasteiger partial charge on any atom is 0.307 e. The lowest BCUT2D eigenvalue weighted by atomic mass is 10.1. The molecule has 2 heteroatoms. The van der Waals surface area contributed by atoms with Gasteiger partial charge in [-0.05, 0) is 22.4 Å². The number of carbonyl (C=O) groups is 1. The second-order valence-electron chi connectivity index (χ2n) is 3.61. The Balaban J connectivity index is 2.26. The van der Waals surface area contributed by atoms with E-state index in [1.165, 1.54) is 10.8 Å². The molecule has 0 saturated carbocycles. The molecule has 80 valence electrons. The van der Waals surface area contributed by atoms with Gasteiger partial charge in [0.2, 0.25) is 0 Å². The topological polar surface area (TPSA) is 37.3 Å². The number of hydrogen-bond donors (Lipinski definition) is 1. The highest BCUT2D eigenvalue weighted by atomic mass is 16.4. The summed E-state index contributed by atoms with van der Waals surface area (Å²) in [6, 6.07) is 14.2. The van der Waals surface area contributed by atoms with E-state index in [-0.39, 0.29) is 6.42 Å². The first kappa shape index (κ1) is 10.4. The summed E-state index contributed by atoms with van der Waals surface area (Å²) < 4.78 is 0. The van der Waals surface area contributed by atoms with E-state index in [9.17, 15) is 4.79 Å². The molecule has 2 rings (SSSR count). The average molecular weight is 212 g/mol. The van der Waals surface area contributed by atoms with Crippen molar-refractivity contribution in [1.82, 2.24) is 0 Å². The standard InChI is InChI=1S/C14H12O2/c15-14(16)7-3-4-11-8-9-12-5-1-2-6-13(12)10-11/h1-6,8-10H,7H2,(H,15,16)/b4-3+. The second-order valence-corrected chi connectivity index (χ2v) is 3.61. The summed E-state index contributed by atoms with van der Waals surface area (Å²) in [5, 5.41) is 10.9. The molecule has 2 aromatic carbocycles. The Morgan fingerprint density at radius 2 is 1.88 bits per heavy atom. The number of aliphatic carboxylic acids is 1. The molecular formula is C14H12O2. The van der Waals surface area contributed by atoms with E-state index in [2.05, 4.69) is 6.07 Å². The van der Waals surface area contributed by atoms with Crippen LogP contribution >= 0.6 is 0 Å². The number of fused-ring (bicyclic) bond motifs is 1. The van der Waals surface area contributed by atoms with E-state index in [1.807, 2.05) is 42.5 Å². The Morgan fingerprint density at radius 1 is 1.12 bits per heavy atom. The minimum atomic E-state index is -0.808. The fraction of sp³-hybridized carbons (Fsp3) is 0.0714. The fourth-order valence-electron chi connectivity index (χ4n) is 1.61. The molecule has 0 radical (unpaired) electrons. The monoisotopic (exact) mass is 212 g/mol. The third-order valence-corrected chi connectivity index (χ3v) is 2.38. The molecule has 16 heavy (non-hydrogen) atoms. The lowest BCUT2D eigenvalue weighted by Crippen LogP contribution is -1.89. The van der Waals surface area contributed by atoms with Crippen LogP contribution in [0.25, 0.3) is 16.8 Å². The number of benzene rings is 2. The zero-order chi connectivity index (χ0) is 11.4. The molecule has 0 saturated heterocycles. The van der Waals surface area contributed by atoms with Gasteiger partial charge in [0.1, 0.15) is 0 Å². The normalized spacial score (nSPS) is 11.0. The van der Waals surface area contributed by atoms with Crippen LogP contribution in [0.4, 0.5) is 0 Å². The zero-order valence-electron chi connectivity index (χ0n) is 8.76. The van der Waals surface area contributed by atoms with E-state index in [0.717, 1.165) is 5.56 Å². The maximum atomic E-state index is 10.4. The Morgan fingerprint density at radius 3 is 2.62 bits per heavy atom. The van der Waals surface area contributed by atoms with Crippen LogP contribution in [0, 0.1) is 0 Å². The highest BCUT2D eigenvalue weighted by molar-refractivity contribution is 5.84. The van der Waals surface area contributed by atoms with Crippen molar-refractivity contribution in [2.45, 2.75) is 6.42 Å². The molecule has 0 heterocycles. The molecule has 2 nitrogen and oxygen atoms in total. The van der Waals surface area contributed by atoms with Gasteiger partial charge >= 0.3 is 5.97 Å². The summed E-state index contributed by atoms with van der Waals surface area (Å²) in [5.74, 6) is -0.808. The molecule has 0 amide bonds. The number of carboxylic acids is 1. The largest absolute Gasteiger partial charge is 0.481 e. The summed E-state index contributed by atoms with van der Waals surface area (Å²) in [6.07, 6.45) is 3.56. The van der Waals surface area contributed by atoms with Crippen molar-refractivity contribution in [1.29, 1.82) is 0 Å². The number of carboxylic acid groups (broad SMARTS) is 1. The van der Waals surface area contributed by atoms with Gasteiger partial charge in [0.15, 0.2) is 0 Å². The van der Waals surface area contributed by atoms with Crippen molar-refractivity contribution in [2.75, 3.05) is 0 Å². The van der Waals surface area contributed by atoms with Gasteiger partial charge in [-0.25, -0.2) is 0 Å². The first-order chi connectivity index (χ1) is 7.75. The fourth-order valence-corrected chi connectivity index (χ4v) is 1.61. The van der Waals surface area contributed by atoms with Gasteiger partial charge in [-0.1, -0.05) is 48.6 Å². The summed E-state index contributed by atoms with van der Waals surface area (Å²) >= 11 is 0. The van der Waals surface area contributed by atoms with Crippen LogP contribution < -0.4 is 0 Å². The predicted octanol–water partition coefficient (Wildman–Crippen LogP) is 3.33. The van der Waals surface area contributed by atoms with Crippen molar-refractivity contribution >= 4 is 22.8 Å². The van der Waals surface area contributed by atoms with E-state index in [0.29, 0.717) is 0 Å². The third-order valence-electron chi connectivity index (χ3n) is 2.38. The van der Waals surface area contributed by atoms with E-state index in [1.54, 1.807) is 6.08 Å². The summed E-state index contributed by atoms with van der Waals surface area (Å²) in [6.45, 7) is 0. The number of hydrogen-bond acceptors (Lipinski definition) is 1. The van der Waals surface area contributed by atoms with Crippen LogP contribution in [-0.4, -0.2) is 11.1 Å². The molecular weight excluding hydrogens is 200 g/mol. The van der Waals surface area contributed by atoms with Crippen LogP contribution in [0.15, 0.2) is 48.5 Å². The first-order valence-electron chi connectivity index (χ1n) is 5.13. The minimum Gasteiger partial charge on any atom is -0.481 e. The van der Waals surface area contributed by atoms with Gasteiger partial charge in [0, 0.05) is 0 Å². The molecule has 0 aliphatic carbocycles. The molecule has 0 atom stereocenters. The van der Waals surface area contributed by atoms with Crippen molar-refractivity contribution < 1.29 is 9.90 Å². The molecule has 0 aliphatic heterocycles. The molecule has 0 unspecified atom stereocenters. The minimum absolute atomic E-state index is 0.0623.